The third-order valence-corrected chi connectivity index (χ3v) is 6.93. The maximum atomic E-state index is 6.41. The largest absolute Gasteiger partial charge is 0.360 e. The average Bonchev–Trinajstić information content (AvgIpc) is 3.26. The number of aromatic nitrogens is 3. The molecule has 0 spiro atoms. The third-order valence-electron chi connectivity index (χ3n) is 6.93. The molecule has 4 heterocycles. The van der Waals surface area contributed by atoms with Crippen molar-refractivity contribution >= 4 is 0 Å². The Bertz CT molecular complexity index is 1330. The van der Waals surface area contributed by atoms with Crippen LogP contribution < -0.4 is 0 Å². The fourth-order valence-electron chi connectivity index (χ4n) is 5.21. The molecular formula is C28H25N3O. The Morgan fingerprint density at radius 2 is 1.47 bits per heavy atom. The van der Waals surface area contributed by atoms with E-state index >= 15 is 0 Å². The van der Waals surface area contributed by atoms with Gasteiger partial charge in [0.15, 0.2) is 5.82 Å². The van der Waals surface area contributed by atoms with Crippen LogP contribution >= 0.6 is 0 Å². The highest BCUT2D eigenvalue weighted by atomic mass is 16.5. The number of benzene rings is 2. The lowest BCUT2D eigenvalue weighted by molar-refractivity contribution is -0.0662. The van der Waals surface area contributed by atoms with Crippen molar-refractivity contribution in [3.05, 3.63) is 89.7 Å². The van der Waals surface area contributed by atoms with Crippen molar-refractivity contribution in [3.63, 3.8) is 0 Å². The fourth-order valence-corrected chi connectivity index (χ4v) is 5.21. The molecule has 158 valence electrons. The van der Waals surface area contributed by atoms with Crippen LogP contribution in [0.1, 0.15) is 43.5 Å². The molecule has 2 bridgehead atoms. The third kappa shape index (κ3) is 2.98. The zero-order chi connectivity index (χ0) is 21.9. The Kier molecular flexibility index (Phi) is 4.11. The van der Waals surface area contributed by atoms with E-state index in [0.29, 0.717) is 5.82 Å². The van der Waals surface area contributed by atoms with Crippen molar-refractivity contribution in [3.8, 4) is 33.9 Å². The summed E-state index contributed by atoms with van der Waals surface area (Å²) in [5.74, 6) is 0.697. The lowest BCUT2D eigenvalue weighted by atomic mass is 9.77. The molecule has 2 aromatic carbocycles. The van der Waals surface area contributed by atoms with E-state index in [1.54, 1.807) is 0 Å². The van der Waals surface area contributed by atoms with Gasteiger partial charge < -0.3 is 4.74 Å². The van der Waals surface area contributed by atoms with Gasteiger partial charge in [0.1, 0.15) is 0 Å². The van der Waals surface area contributed by atoms with E-state index in [2.05, 4.69) is 61.3 Å². The van der Waals surface area contributed by atoms with Crippen molar-refractivity contribution in [1.82, 2.24) is 15.0 Å². The van der Waals surface area contributed by atoms with Crippen LogP contribution in [0, 0.1) is 6.92 Å². The van der Waals surface area contributed by atoms with Crippen LogP contribution in [0.2, 0.25) is 0 Å². The lowest BCUT2D eigenvalue weighted by Crippen LogP contribution is -2.17. The number of aryl methyl sites for hydroxylation is 1. The van der Waals surface area contributed by atoms with Crippen LogP contribution in [0.5, 0.6) is 0 Å². The molecule has 4 aromatic rings. The van der Waals surface area contributed by atoms with Crippen LogP contribution in [0.25, 0.3) is 33.9 Å². The van der Waals surface area contributed by atoms with Gasteiger partial charge in [-0.25, -0.2) is 9.97 Å². The number of rotatable bonds is 3. The summed E-state index contributed by atoms with van der Waals surface area (Å²) in [6, 6.07) is 23.0. The van der Waals surface area contributed by atoms with Gasteiger partial charge in [0.25, 0.3) is 0 Å². The molecule has 2 atom stereocenters. The zero-order valence-electron chi connectivity index (χ0n) is 18.6. The van der Waals surface area contributed by atoms with Gasteiger partial charge in [0.05, 0.1) is 22.6 Å². The Morgan fingerprint density at radius 3 is 2.22 bits per heavy atom. The van der Waals surface area contributed by atoms with E-state index < -0.39 is 0 Å². The number of fused-ring (bicyclic) bond motifs is 5. The van der Waals surface area contributed by atoms with E-state index in [0.717, 1.165) is 46.6 Å². The topological polar surface area (TPSA) is 47.9 Å². The summed E-state index contributed by atoms with van der Waals surface area (Å²) in [4.78, 5) is 14.2. The molecule has 0 amide bonds. The predicted octanol–water partition coefficient (Wildman–Crippen LogP) is 6.44. The van der Waals surface area contributed by atoms with E-state index in [1.807, 2.05) is 37.4 Å². The van der Waals surface area contributed by atoms with Crippen molar-refractivity contribution in [2.45, 2.75) is 44.8 Å². The Labute approximate surface area is 188 Å². The van der Waals surface area contributed by atoms with Gasteiger partial charge >= 0.3 is 0 Å². The van der Waals surface area contributed by atoms with Gasteiger partial charge in [-0.3, -0.25) is 4.98 Å². The second-order valence-corrected chi connectivity index (χ2v) is 9.34. The molecule has 0 N–H and O–H groups in total. The first kappa shape index (κ1) is 19.3. The quantitative estimate of drug-likeness (QED) is 0.384. The molecular weight excluding hydrogens is 394 g/mol. The minimum absolute atomic E-state index is 0.140. The van der Waals surface area contributed by atoms with Gasteiger partial charge in [-0.1, -0.05) is 42.5 Å². The molecule has 32 heavy (non-hydrogen) atoms. The second kappa shape index (κ2) is 6.81. The van der Waals surface area contributed by atoms with Gasteiger partial charge in [-0.2, -0.15) is 0 Å². The van der Waals surface area contributed by atoms with Crippen LogP contribution in [0.3, 0.4) is 0 Å². The highest BCUT2D eigenvalue weighted by Crippen LogP contribution is 2.58. The van der Waals surface area contributed by atoms with Crippen LogP contribution in [0.4, 0.5) is 0 Å². The van der Waals surface area contributed by atoms with Gasteiger partial charge in [-0.05, 0) is 69.0 Å². The zero-order valence-corrected chi connectivity index (χ0v) is 18.6. The summed E-state index contributed by atoms with van der Waals surface area (Å²) in [5, 5.41) is 0. The summed E-state index contributed by atoms with van der Waals surface area (Å²) >= 11 is 0. The second-order valence-electron chi connectivity index (χ2n) is 9.34. The van der Waals surface area contributed by atoms with Crippen LogP contribution in [-0.4, -0.2) is 15.0 Å². The predicted molar refractivity (Wildman–Crippen MR) is 126 cm³/mol. The number of hydrogen-bond acceptors (Lipinski definition) is 4. The normalized spacial score (nSPS) is 23.3. The highest BCUT2D eigenvalue weighted by Gasteiger charge is 2.54. The maximum Gasteiger partial charge on any atom is 0.161 e. The van der Waals surface area contributed by atoms with Crippen molar-refractivity contribution < 1.29 is 4.74 Å². The molecule has 6 rings (SSSR count). The minimum atomic E-state index is -0.177. The SMILES string of the molecule is Cc1cc(-c2ccccc2)nc(-c2ccc(-c3ccc4c(c3)C3(C)CCC4(C)O3)nc2)n1. The lowest BCUT2D eigenvalue weighted by Gasteiger charge is -2.23. The van der Waals surface area contributed by atoms with Gasteiger partial charge in [-0.15, -0.1) is 0 Å². The Balaban J connectivity index is 1.35. The van der Waals surface area contributed by atoms with Crippen LogP contribution in [0.15, 0.2) is 72.9 Å². The summed E-state index contributed by atoms with van der Waals surface area (Å²) in [6.45, 7) is 6.42. The van der Waals surface area contributed by atoms with Gasteiger partial charge in [0, 0.05) is 28.6 Å². The number of hydrogen-bond donors (Lipinski definition) is 0. The molecule has 2 unspecified atom stereocenters. The van der Waals surface area contributed by atoms with E-state index in [4.69, 9.17) is 14.7 Å². The first-order valence-corrected chi connectivity index (χ1v) is 11.2. The molecule has 0 radical (unpaired) electrons. The molecule has 4 heteroatoms. The summed E-state index contributed by atoms with van der Waals surface area (Å²) < 4.78 is 6.41. The number of nitrogens with zero attached hydrogens (tertiary/aromatic N) is 3. The maximum absolute atomic E-state index is 6.41. The molecule has 0 aliphatic carbocycles. The molecule has 1 fully saturated rings. The first-order valence-electron chi connectivity index (χ1n) is 11.2. The molecule has 2 aliphatic heterocycles. The number of pyridine rings is 1. The Hall–Kier alpha value is -3.37. The monoisotopic (exact) mass is 419 g/mol. The molecule has 2 aliphatic rings. The molecule has 0 saturated carbocycles. The van der Waals surface area contributed by atoms with Gasteiger partial charge in [0.2, 0.25) is 0 Å². The average molecular weight is 420 g/mol. The Morgan fingerprint density at radius 1 is 0.719 bits per heavy atom. The smallest absolute Gasteiger partial charge is 0.161 e. The van der Waals surface area contributed by atoms with Crippen molar-refractivity contribution in [1.29, 1.82) is 0 Å². The highest BCUT2D eigenvalue weighted by molar-refractivity contribution is 5.67. The summed E-state index contributed by atoms with van der Waals surface area (Å²) in [5.41, 5.74) is 8.24. The molecule has 2 aromatic heterocycles. The fraction of sp³-hybridized carbons (Fsp3) is 0.250. The van der Waals surface area contributed by atoms with Crippen LogP contribution in [-0.2, 0) is 15.9 Å². The molecule has 4 nitrogen and oxygen atoms in total. The summed E-state index contributed by atoms with van der Waals surface area (Å²) in [6.07, 6.45) is 4.03. The van der Waals surface area contributed by atoms with E-state index in [1.165, 1.54) is 11.1 Å². The van der Waals surface area contributed by atoms with Crippen molar-refractivity contribution in [2.75, 3.05) is 0 Å². The standard InChI is InChI=1S/C28H25N3O/c1-18-15-25(19-7-5-4-6-8-19)31-26(30-18)21-10-12-24(29-17-21)20-9-11-22-23(16-20)28(3)14-13-27(22,2)32-28/h4-12,15-17H,13-14H2,1-3H3. The van der Waals surface area contributed by atoms with E-state index in [9.17, 15) is 0 Å². The van der Waals surface area contributed by atoms with Crippen molar-refractivity contribution in [2.24, 2.45) is 0 Å². The summed E-state index contributed by atoms with van der Waals surface area (Å²) in [7, 11) is 0. The first-order chi connectivity index (χ1) is 15.4. The number of ether oxygens (including phenoxy) is 1. The molecule has 1 saturated heterocycles. The minimum Gasteiger partial charge on any atom is -0.360 e. The van der Waals surface area contributed by atoms with E-state index in [-0.39, 0.29) is 11.2 Å².